The van der Waals surface area contributed by atoms with E-state index in [9.17, 15) is 0 Å². The number of guanidine groups is 1. The zero-order chi connectivity index (χ0) is 18.3. The molecular weight excluding hydrogens is 308 g/mol. The highest BCUT2D eigenvalue weighted by molar-refractivity contribution is 5.80. The molecule has 0 amide bonds. The first-order chi connectivity index (χ1) is 12.2. The van der Waals surface area contributed by atoms with Crippen LogP contribution in [0.2, 0.25) is 0 Å². The second kappa shape index (κ2) is 13.7. The van der Waals surface area contributed by atoms with Crippen molar-refractivity contribution < 1.29 is 0 Å². The monoisotopic (exact) mass is 346 g/mol. The molecule has 4 nitrogen and oxygen atoms in total. The summed E-state index contributed by atoms with van der Waals surface area (Å²) in [6, 6.07) is 11.1. The molecule has 0 saturated carbocycles. The van der Waals surface area contributed by atoms with Crippen molar-refractivity contribution in [3.8, 4) is 0 Å². The SMILES string of the molecule is CCNC(=NCCCc1ccccc1)NC(C)CCCN(CC)CC. The van der Waals surface area contributed by atoms with Gasteiger partial charge in [0.25, 0.3) is 0 Å². The Morgan fingerprint density at radius 2 is 1.80 bits per heavy atom. The van der Waals surface area contributed by atoms with Crippen LogP contribution in [0.5, 0.6) is 0 Å². The zero-order valence-corrected chi connectivity index (χ0v) is 16.7. The van der Waals surface area contributed by atoms with Crippen molar-refractivity contribution in [1.82, 2.24) is 15.5 Å². The van der Waals surface area contributed by atoms with Crippen LogP contribution in [0, 0.1) is 0 Å². The van der Waals surface area contributed by atoms with Crippen molar-refractivity contribution in [2.45, 2.75) is 59.4 Å². The third-order valence-corrected chi connectivity index (χ3v) is 4.47. The Labute approximate surface area is 155 Å². The van der Waals surface area contributed by atoms with Crippen LogP contribution in [0.1, 0.15) is 52.5 Å². The maximum atomic E-state index is 4.73. The van der Waals surface area contributed by atoms with Gasteiger partial charge in [-0.2, -0.15) is 0 Å². The molecule has 0 aromatic heterocycles. The highest BCUT2D eigenvalue weighted by Gasteiger charge is 2.06. The van der Waals surface area contributed by atoms with Gasteiger partial charge in [0.2, 0.25) is 0 Å². The Kier molecular flexibility index (Phi) is 11.8. The van der Waals surface area contributed by atoms with Gasteiger partial charge in [0, 0.05) is 19.1 Å². The molecule has 0 spiro atoms. The minimum Gasteiger partial charge on any atom is -0.357 e. The first-order valence-corrected chi connectivity index (χ1v) is 10.0. The van der Waals surface area contributed by atoms with Crippen LogP contribution in [0.25, 0.3) is 0 Å². The van der Waals surface area contributed by atoms with Gasteiger partial charge in [-0.3, -0.25) is 4.99 Å². The van der Waals surface area contributed by atoms with E-state index in [0.717, 1.165) is 45.0 Å². The molecule has 0 saturated heterocycles. The summed E-state index contributed by atoms with van der Waals surface area (Å²) < 4.78 is 0. The number of aryl methyl sites for hydroxylation is 1. The van der Waals surface area contributed by atoms with Gasteiger partial charge < -0.3 is 15.5 Å². The second-order valence-corrected chi connectivity index (χ2v) is 6.56. The topological polar surface area (TPSA) is 39.7 Å². The molecule has 1 rings (SSSR count). The number of benzene rings is 1. The lowest BCUT2D eigenvalue weighted by atomic mass is 10.1. The predicted molar refractivity (Wildman–Crippen MR) is 110 cm³/mol. The van der Waals surface area contributed by atoms with E-state index >= 15 is 0 Å². The van der Waals surface area contributed by atoms with Crippen LogP contribution in [0.4, 0.5) is 0 Å². The van der Waals surface area contributed by atoms with E-state index < -0.39 is 0 Å². The number of hydrogen-bond donors (Lipinski definition) is 2. The fourth-order valence-corrected chi connectivity index (χ4v) is 2.91. The van der Waals surface area contributed by atoms with Gasteiger partial charge in [0.05, 0.1) is 0 Å². The van der Waals surface area contributed by atoms with Gasteiger partial charge in [0.15, 0.2) is 5.96 Å². The fourth-order valence-electron chi connectivity index (χ4n) is 2.91. The summed E-state index contributed by atoms with van der Waals surface area (Å²) in [5.41, 5.74) is 1.39. The Morgan fingerprint density at radius 3 is 2.44 bits per heavy atom. The standard InChI is InChI=1S/C21H38N4/c1-5-22-21(23-17-11-16-20-14-9-8-10-15-20)24-19(4)13-12-18-25(6-2)7-3/h8-10,14-15,19H,5-7,11-13,16-18H2,1-4H3,(H2,22,23,24). The van der Waals surface area contributed by atoms with Gasteiger partial charge in [-0.15, -0.1) is 0 Å². The van der Waals surface area contributed by atoms with Gasteiger partial charge in [-0.1, -0.05) is 44.2 Å². The molecule has 1 unspecified atom stereocenters. The maximum absolute atomic E-state index is 4.73. The summed E-state index contributed by atoms with van der Waals surface area (Å²) in [4.78, 5) is 7.21. The van der Waals surface area contributed by atoms with Gasteiger partial charge >= 0.3 is 0 Å². The molecule has 0 fully saturated rings. The number of aliphatic imine (C=N–C) groups is 1. The largest absolute Gasteiger partial charge is 0.357 e. The summed E-state index contributed by atoms with van der Waals surface area (Å²) in [6.45, 7) is 14.1. The average Bonchev–Trinajstić information content (AvgIpc) is 2.63. The lowest BCUT2D eigenvalue weighted by Crippen LogP contribution is -2.42. The smallest absolute Gasteiger partial charge is 0.191 e. The molecule has 4 heteroatoms. The molecule has 0 bridgehead atoms. The van der Waals surface area contributed by atoms with Crippen LogP contribution in [0.3, 0.4) is 0 Å². The molecule has 2 N–H and O–H groups in total. The molecule has 0 aliphatic heterocycles. The predicted octanol–water partition coefficient (Wildman–Crippen LogP) is 3.68. The summed E-state index contributed by atoms with van der Waals surface area (Å²) in [6.07, 6.45) is 4.56. The minimum absolute atomic E-state index is 0.447. The maximum Gasteiger partial charge on any atom is 0.191 e. The van der Waals surface area contributed by atoms with Crippen LogP contribution in [0.15, 0.2) is 35.3 Å². The van der Waals surface area contributed by atoms with E-state index in [1.54, 1.807) is 0 Å². The van der Waals surface area contributed by atoms with Gasteiger partial charge in [0.1, 0.15) is 0 Å². The quantitative estimate of drug-likeness (QED) is 0.344. The van der Waals surface area contributed by atoms with Gasteiger partial charge in [-0.05, 0) is 64.7 Å². The van der Waals surface area contributed by atoms with Crippen molar-refractivity contribution in [2.24, 2.45) is 4.99 Å². The first kappa shape index (κ1) is 21.5. The van der Waals surface area contributed by atoms with Crippen molar-refractivity contribution in [1.29, 1.82) is 0 Å². The Bertz CT molecular complexity index is 454. The molecular formula is C21H38N4. The number of rotatable bonds is 12. The second-order valence-electron chi connectivity index (χ2n) is 6.56. The van der Waals surface area contributed by atoms with E-state index in [0.29, 0.717) is 6.04 Å². The van der Waals surface area contributed by atoms with E-state index in [2.05, 4.69) is 73.6 Å². The van der Waals surface area contributed by atoms with Crippen molar-refractivity contribution in [3.63, 3.8) is 0 Å². The average molecular weight is 347 g/mol. The van der Waals surface area contributed by atoms with Crippen LogP contribution in [-0.2, 0) is 6.42 Å². The Balaban J connectivity index is 2.31. The molecule has 0 radical (unpaired) electrons. The Hall–Kier alpha value is -1.55. The van der Waals surface area contributed by atoms with Crippen molar-refractivity contribution in [2.75, 3.05) is 32.7 Å². The molecule has 1 aromatic rings. The van der Waals surface area contributed by atoms with Gasteiger partial charge in [-0.25, -0.2) is 0 Å². The van der Waals surface area contributed by atoms with E-state index in [4.69, 9.17) is 4.99 Å². The molecule has 1 aromatic carbocycles. The number of nitrogens with zero attached hydrogens (tertiary/aromatic N) is 2. The number of hydrogen-bond acceptors (Lipinski definition) is 2. The highest BCUT2D eigenvalue weighted by atomic mass is 15.2. The van der Waals surface area contributed by atoms with Crippen molar-refractivity contribution >= 4 is 5.96 Å². The summed E-state index contributed by atoms with van der Waals surface area (Å²) in [5.74, 6) is 0.950. The van der Waals surface area contributed by atoms with Crippen LogP contribution < -0.4 is 10.6 Å². The molecule has 1 atom stereocenters. The van der Waals surface area contributed by atoms with E-state index in [1.807, 2.05) is 0 Å². The highest BCUT2D eigenvalue weighted by Crippen LogP contribution is 2.03. The Morgan fingerprint density at radius 1 is 1.08 bits per heavy atom. The molecule has 0 aliphatic carbocycles. The molecule has 25 heavy (non-hydrogen) atoms. The fraction of sp³-hybridized carbons (Fsp3) is 0.667. The van der Waals surface area contributed by atoms with Crippen LogP contribution in [-0.4, -0.2) is 49.6 Å². The first-order valence-electron chi connectivity index (χ1n) is 10.0. The normalized spacial score (nSPS) is 13.1. The lowest BCUT2D eigenvalue weighted by Gasteiger charge is -2.21. The lowest BCUT2D eigenvalue weighted by molar-refractivity contribution is 0.292. The number of nitrogens with one attached hydrogen (secondary N) is 2. The molecule has 0 aliphatic rings. The molecule has 0 heterocycles. The minimum atomic E-state index is 0.447. The van der Waals surface area contributed by atoms with Crippen LogP contribution >= 0.6 is 0 Å². The third-order valence-electron chi connectivity index (χ3n) is 4.47. The summed E-state index contributed by atoms with van der Waals surface area (Å²) >= 11 is 0. The van der Waals surface area contributed by atoms with E-state index in [-0.39, 0.29) is 0 Å². The molecule has 142 valence electrons. The summed E-state index contributed by atoms with van der Waals surface area (Å²) in [7, 11) is 0. The van der Waals surface area contributed by atoms with Crippen molar-refractivity contribution in [3.05, 3.63) is 35.9 Å². The summed E-state index contributed by atoms with van der Waals surface area (Å²) in [5, 5.41) is 6.91. The van der Waals surface area contributed by atoms with E-state index in [1.165, 1.54) is 24.9 Å². The zero-order valence-electron chi connectivity index (χ0n) is 16.7. The third kappa shape index (κ3) is 10.1.